The third-order valence-corrected chi connectivity index (χ3v) is 5.40. The van der Waals surface area contributed by atoms with Crippen molar-refractivity contribution in [1.82, 2.24) is 0 Å². The molecule has 0 radical (unpaired) electrons. The van der Waals surface area contributed by atoms with Crippen molar-refractivity contribution in [1.29, 1.82) is 0 Å². The summed E-state index contributed by atoms with van der Waals surface area (Å²) < 4.78 is 27.0. The van der Waals surface area contributed by atoms with Gasteiger partial charge in [-0.15, -0.1) is 0 Å². The first-order valence-corrected chi connectivity index (χ1v) is 10.9. The van der Waals surface area contributed by atoms with Gasteiger partial charge < -0.3 is 14.8 Å². The van der Waals surface area contributed by atoms with E-state index in [0.717, 1.165) is 25.8 Å². The van der Waals surface area contributed by atoms with Crippen molar-refractivity contribution < 1.29 is 13.9 Å². The Morgan fingerprint density at radius 1 is 0.966 bits per heavy atom. The fraction of sp³-hybridized carbons (Fsp3) is 0.217. The zero-order chi connectivity index (χ0) is 20.8. The third kappa shape index (κ3) is 5.97. The van der Waals surface area contributed by atoms with Crippen LogP contribution in [0.1, 0.15) is 23.6 Å². The molecular formula is C23H22Br2FNO2. The Balaban J connectivity index is 1.76. The smallest absolute Gasteiger partial charge is 0.175 e. The lowest BCUT2D eigenvalue weighted by molar-refractivity contribution is 0.267. The average Bonchev–Trinajstić information content (AvgIpc) is 2.67. The van der Waals surface area contributed by atoms with Crippen LogP contribution in [0, 0.1) is 12.7 Å². The Labute approximate surface area is 187 Å². The minimum absolute atomic E-state index is 0.256. The molecule has 3 aromatic carbocycles. The van der Waals surface area contributed by atoms with E-state index in [4.69, 9.17) is 9.47 Å². The second kappa shape index (κ2) is 10.1. The molecule has 0 heterocycles. The first-order chi connectivity index (χ1) is 14.0. The molecule has 0 aromatic heterocycles. The summed E-state index contributed by atoms with van der Waals surface area (Å²) in [6.07, 6.45) is 0. The van der Waals surface area contributed by atoms with Gasteiger partial charge in [0, 0.05) is 16.7 Å². The van der Waals surface area contributed by atoms with Crippen LogP contribution in [-0.2, 0) is 13.2 Å². The van der Waals surface area contributed by atoms with Gasteiger partial charge in [-0.1, -0.05) is 28.1 Å². The summed E-state index contributed by atoms with van der Waals surface area (Å²) in [6, 6.07) is 16.5. The van der Waals surface area contributed by atoms with E-state index in [1.54, 1.807) is 6.07 Å². The second-order valence-electron chi connectivity index (χ2n) is 6.57. The number of rotatable bonds is 8. The van der Waals surface area contributed by atoms with E-state index >= 15 is 0 Å². The zero-order valence-electron chi connectivity index (χ0n) is 16.3. The summed E-state index contributed by atoms with van der Waals surface area (Å²) in [4.78, 5) is 0. The van der Waals surface area contributed by atoms with Crippen molar-refractivity contribution in [3.8, 4) is 11.5 Å². The van der Waals surface area contributed by atoms with E-state index in [9.17, 15) is 4.39 Å². The highest BCUT2D eigenvalue weighted by molar-refractivity contribution is 9.10. The molecule has 0 atom stereocenters. The van der Waals surface area contributed by atoms with E-state index in [0.29, 0.717) is 24.7 Å². The highest BCUT2D eigenvalue weighted by Crippen LogP contribution is 2.38. The largest absolute Gasteiger partial charge is 0.490 e. The van der Waals surface area contributed by atoms with E-state index in [-0.39, 0.29) is 12.4 Å². The monoisotopic (exact) mass is 521 g/mol. The van der Waals surface area contributed by atoms with Crippen molar-refractivity contribution >= 4 is 37.5 Å². The molecule has 3 rings (SSSR count). The van der Waals surface area contributed by atoms with Gasteiger partial charge in [-0.05, 0) is 88.9 Å². The van der Waals surface area contributed by atoms with Crippen molar-refractivity contribution in [2.75, 3.05) is 11.9 Å². The molecular weight excluding hydrogens is 501 g/mol. The minimum Gasteiger partial charge on any atom is -0.490 e. The van der Waals surface area contributed by atoms with Crippen LogP contribution in [0.5, 0.6) is 11.5 Å². The molecule has 0 amide bonds. The van der Waals surface area contributed by atoms with Gasteiger partial charge in [-0.3, -0.25) is 0 Å². The van der Waals surface area contributed by atoms with Crippen LogP contribution in [0.3, 0.4) is 0 Å². The van der Waals surface area contributed by atoms with Gasteiger partial charge in [0.2, 0.25) is 0 Å². The molecule has 0 saturated heterocycles. The van der Waals surface area contributed by atoms with Gasteiger partial charge in [0.05, 0.1) is 11.1 Å². The minimum atomic E-state index is -0.278. The summed E-state index contributed by atoms with van der Waals surface area (Å²) in [5.74, 6) is 0.988. The van der Waals surface area contributed by atoms with Crippen LogP contribution in [0.2, 0.25) is 0 Å². The molecule has 0 spiro atoms. The number of anilines is 1. The van der Waals surface area contributed by atoms with E-state index in [1.807, 2.05) is 37.3 Å². The fourth-order valence-corrected chi connectivity index (χ4v) is 4.01. The topological polar surface area (TPSA) is 30.5 Å². The molecule has 0 fully saturated rings. The molecule has 6 heteroatoms. The Bertz CT molecular complexity index is 995. The van der Waals surface area contributed by atoms with Crippen LogP contribution >= 0.6 is 31.9 Å². The Kier molecular flexibility index (Phi) is 7.56. The van der Waals surface area contributed by atoms with Crippen LogP contribution in [-0.4, -0.2) is 6.61 Å². The maximum atomic E-state index is 13.4. The lowest BCUT2D eigenvalue weighted by atomic mass is 10.1. The maximum Gasteiger partial charge on any atom is 0.175 e. The van der Waals surface area contributed by atoms with Gasteiger partial charge in [0.15, 0.2) is 11.5 Å². The maximum absolute atomic E-state index is 13.4. The second-order valence-corrected chi connectivity index (χ2v) is 8.34. The van der Waals surface area contributed by atoms with E-state index in [2.05, 4.69) is 50.2 Å². The normalized spacial score (nSPS) is 10.7. The van der Waals surface area contributed by atoms with Crippen molar-refractivity contribution in [2.45, 2.75) is 27.0 Å². The summed E-state index contributed by atoms with van der Waals surface area (Å²) in [6.45, 7) is 5.42. The van der Waals surface area contributed by atoms with Crippen LogP contribution < -0.4 is 14.8 Å². The predicted molar refractivity (Wildman–Crippen MR) is 122 cm³/mol. The number of hydrogen-bond donors (Lipinski definition) is 1. The third-order valence-electron chi connectivity index (χ3n) is 4.31. The molecule has 0 bridgehead atoms. The molecule has 3 aromatic rings. The summed E-state index contributed by atoms with van der Waals surface area (Å²) >= 11 is 7.08. The Morgan fingerprint density at radius 3 is 2.52 bits per heavy atom. The number of benzene rings is 3. The average molecular weight is 523 g/mol. The lowest BCUT2D eigenvalue weighted by Gasteiger charge is -2.16. The number of nitrogens with one attached hydrogen (secondary N) is 1. The predicted octanol–water partition coefficient (Wildman–Crippen LogP) is 7.25. The van der Waals surface area contributed by atoms with Gasteiger partial charge in [0.1, 0.15) is 12.4 Å². The SMILES string of the molecule is CCOc1cc(CNc2ccc(Br)cc2C)cc(Br)c1OCc1cccc(F)c1. The zero-order valence-corrected chi connectivity index (χ0v) is 19.4. The van der Waals surface area contributed by atoms with Gasteiger partial charge in [-0.25, -0.2) is 4.39 Å². The first-order valence-electron chi connectivity index (χ1n) is 9.28. The number of ether oxygens (including phenoxy) is 2. The number of halogens is 3. The van der Waals surface area contributed by atoms with Gasteiger partial charge in [-0.2, -0.15) is 0 Å². The van der Waals surface area contributed by atoms with Crippen LogP contribution in [0.15, 0.2) is 63.5 Å². The van der Waals surface area contributed by atoms with Gasteiger partial charge in [0.25, 0.3) is 0 Å². The molecule has 29 heavy (non-hydrogen) atoms. The summed E-state index contributed by atoms with van der Waals surface area (Å²) in [7, 11) is 0. The Hall–Kier alpha value is -2.05. The molecule has 0 aliphatic rings. The molecule has 1 N–H and O–H groups in total. The lowest BCUT2D eigenvalue weighted by Crippen LogP contribution is -2.04. The number of hydrogen-bond acceptors (Lipinski definition) is 3. The Morgan fingerprint density at radius 2 is 1.79 bits per heavy atom. The number of aryl methyl sites for hydroxylation is 1. The van der Waals surface area contributed by atoms with E-state index < -0.39 is 0 Å². The fourth-order valence-electron chi connectivity index (χ4n) is 2.93. The van der Waals surface area contributed by atoms with E-state index in [1.165, 1.54) is 17.7 Å². The summed E-state index contributed by atoms with van der Waals surface area (Å²) in [5.41, 5.74) is 4.06. The van der Waals surface area contributed by atoms with Gasteiger partial charge >= 0.3 is 0 Å². The van der Waals surface area contributed by atoms with Crippen molar-refractivity contribution in [2.24, 2.45) is 0 Å². The molecule has 0 aliphatic heterocycles. The molecule has 152 valence electrons. The molecule has 0 unspecified atom stereocenters. The summed E-state index contributed by atoms with van der Waals surface area (Å²) in [5, 5.41) is 3.46. The first kappa shape index (κ1) is 21.7. The van der Waals surface area contributed by atoms with Crippen LogP contribution in [0.4, 0.5) is 10.1 Å². The highest BCUT2D eigenvalue weighted by atomic mass is 79.9. The van der Waals surface area contributed by atoms with Crippen molar-refractivity contribution in [3.05, 3.63) is 86.1 Å². The standard InChI is InChI=1S/C23H22Br2FNO2/c1-3-28-22-12-17(13-27-21-8-7-18(24)9-15(21)2)11-20(25)23(22)29-14-16-5-4-6-19(26)10-16/h4-12,27H,3,13-14H2,1-2H3. The van der Waals surface area contributed by atoms with Crippen molar-refractivity contribution in [3.63, 3.8) is 0 Å². The molecule has 0 saturated carbocycles. The van der Waals surface area contributed by atoms with Crippen LogP contribution in [0.25, 0.3) is 0 Å². The highest BCUT2D eigenvalue weighted by Gasteiger charge is 2.13. The quantitative estimate of drug-likeness (QED) is 0.338. The molecule has 3 nitrogen and oxygen atoms in total. The molecule has 0 aliphatic carbocycles.